The van der Waals surface area contributed by atoms with Crippen LogP contribution in [0.1, 0.15) is 33.6 Å². The number of rotatable bonds is 5. The van der Waals surface area contributed by atoms with Crippen LogP contribution >= 0.6 is 0 Å². The molecule has 5 nitrogen and oxygen atoms in total. The summed E-state index contributed by atoms with van der Waals surface area (Å²) in [6.45, 7) is 7.05. The van der Waals surface area contributed by atoms with Gasteiger partial charge < -0.3 is 14.4 Å². The van der Waals surface area contributed by atoms with Gasteiger partial charge in [0.2, 0.25) is 5.91 Å². The molecule has 3 aliphatic heterocycles. The van der Waals surface area contributed by atoms with Crippen molar-refractivity contribution in [3.05, 3.63) is 12.2 Å². The van der Waals surface area contributed by atoms with Gasteiger partial charge in [-0.25, -0.2) is 0 Å². The third kappa shape index (κ3) is 2.18. The van der Waals surface area contributed by atoms with Gasteiger partial charge in [-0.05, 0) is 20.3 Å². The van der Waals surface area contributed by atoms with Gasteiger partial charge in [0.05, 0.1) is 24.7 Å². The van der Waals surface area contributed by atoms with E-state index in [4.69, 9.17) is 9.47 Å². The van der Waals surface area contributed by atoms with Gasteiger partial charge in [0.15, 0.2) is 0 Å². The minimum Gasteiger partial charge on any atom is -0.463 e. The number of hydrogen-bond donors (Lipinski definition) is 0. The van der Waals surface area contributed by atoms with E-state index in [1.54, 1.807) is 0 Å². The Bertz CT molecular complexity index is 487. The van der Waals surface area contributed by atoms with Crippen molar-refractivity contribution in [2.24, 2.45) is 11.8 Å². The highest BCUT2D eigenvalue weighted by Crippen LogP contribution is 2.52. The highest BCUT2D eigenvalue weighted by atomic mass is 16.6. The molecular formula is C16H23NO4. The van der Waals surface area contributed by atoms with Crippen LogP contribution in [-0.4, -0.2) is 47.7 Å². The van der Waals surface area contributed by atoms with E-state index in [1.165, 1.54) is 0 Å². The van der Waals surface area contributed by atoms with Gasteiger partial charge >= 0.3 is 5.97 Å². The van der Waals surface area contributed by atoms with Crippen LogP contribution in [0.25, 0.3) is 0 Å². The third-order valence-corrected chi connectivity index (χ3v) is 4.58. The number of hydrogen-bond acceptors (Lipinski definition) is 4. The molecule has 3 rings (SSSR count). The van der Waals surface area contributed by atoms with Gasteiger partial charge in [-0.3, -0.25) is 9.59 Å². The van der Waals surface area contributed by atoms with Crippen molar-refractivity contribution in [1.82, 2.24) is 4.90 Å². The first-order valence-electron chi connectivity index (χ1n) is 7.85. The number of carbonyl (C=O) groups is 2. The molecule has 0 radical (unpaired) electrons. The maximum atomic E-state index is 12.7. The van der Waals surface area contributed by atoms with Crippen molar-refractivity contribution in [2.75, 3.05) is 13.1 Å². The van der Waals surface area contributed by atoms with Gasteiger partial charge in [-0.1, -0.05) is 25.5 Å². The van der Waals surface area contributed by atoms with Crippen LogP contribution in [0.2, 0.25) is 0 Å². The number of likely N-dealkylation sites (tertiary alicyclic amines) is 1. The predicted octanol–water partition coefficient (Wildman–Crippen LogP) is 1.52. The van der Waals surface area contributed by atoms with Crippen molar-refractivity contribution < 1.29 is 19.1 Å². The second kappa shape index (κ2) is 5.13. The number of esters is 1. The molecule has 0 aromatic rings. The zero-order chi connectivity index (χ0) is 15.2. The van der Waals surface area contributed by atoms with E-state index in [1.807, 2.05) is 30.9 Å². The monoisotopic (exact) mass is 293 g/mol. The molecule has 3 heterocycles. The Labute approximate surface area is 125 Å². The summed E-state index contributed by atoms with van der Waals surface area (Å²) >= 11 is 0. The summed E-state index contributed by atoms with van der Waals surface area (Å²) in [5.41, 5.74) is -0.601. The molecule has 21 heavy (non-hydrogen) atoms. The Hall–Kier alpha value is -1.36. The van der Waals surface area contributed by atoms with Crippen LogP contribution in [-0.2, 0) is 19.1 Å². The summed E-state index contributed by atoms with van der Waals surface area (Å²) in [5, 5.41) is 0. The SMILES string of the molecule is CCCCN1C[C@]23C=C[C@@H](O2)[C@H](C(=O)OC(C)C)[C@@H]3C1=O. The normalized spacial score (nSPS) is 36.7. The highest BCUT2D eigenvalue weighted by molar-refractivity contribution is 5.91. The number of amides is 1. The first kappa shape index (κ1) is 14.6. The number of ether oxygens (including phenoxy) is 2. The summed E-state index contributed by atoms with van der Waals surface area (Å²) < 4.78 is 11.3. The van der Waals surface area contributed by atoms with Gasteiger partial charge in [0, 0.05) is 6.54 Å². The average molecular weight is 293 g/mol. The molecule has 2 bridgehead atoms. The Morgan fingerprint density at radius 3 is 3.00 bits per heavy atom. The topological polar surface area (TPSA) is 55.8 Å². The van der Waals surface area contributed by atoms with E-state index in [2.05, 4.69) is 6.92 Å². The first-order valence-corrected chi connectivity index (χ1v) is 7.85. The molecule has 1 amide bonds. The second-order valence-electron chi connectivity index (χ2n) is 6.50. The minimum absolute atomic E-state index is 0.0426. The van der Waals surface area contributed by atoms with E-state index in [0.29, 0.717) is 6.54 Å². The molecule has 2 fully saturated rings. The molecule has 1 spiro atoms. The van der Waals surface area contributed by atoms with Crippen molar-refractivity contribution >= 4 is 11.9 Å². The molecule has 0 aromatic carbocycles. The summed E-state index contributed by atoms with van der Waals surface area (Å²) in [6.07, 6.45) is 5.43. The quantitative estimate of drug-likeness (QED) is 0.569. The van der Waals surface area contributed by atoms with E-state index in [0.717, 1.165) is 19.4 Å². The molecule has 116 valence electrons. The van der Waals surface area contributed by atoms with Gasteiger partial charge in [0.1, 0.15) is 11.5 Å². The van der Waals surface area contributed by atoms with Crippen LogP contribution in [0.3, 0.4) is 0 Å². The van der Waals surface area contributed by atoms with E-state index < -0.39 is 17.4 Å². The lowest BCUT2D eigenvalue weighted by Crippen LogP contribution is -2.40. The Kier molecular flexibility index (Phi) is 3.56. The zero-order valence-corrected chi connectivity index (χ0v) is 12.9. The largest absolute Gasteiger partial charge is 0.463 e. The minimum atomic E-state index is -0.601. The Morgan fingerprint density at radius 2 is 2.33 bits per heavy atom. The number of carbonyl (C=O) groups excluding carboxylic acids is 2. The van der Waals surface area contributed by atoms with Gasteiger partial charge in [0.25, 0.3) is 0 Å². The molecule has 0 aromatic heterocycles. The maximum Gasteiger partial charge on any atom is 0.313 e. The van der Waals surface area contributed by atoms with E-state index >= 15 is 0 Å². The molecule has 2 saturated heterocycles. The van der Waals surface area contributed by atoms with Crippen LogP contribution in [0.15, 0.2) is 12.2 Å². The van der Waals surface area contributed by atoms with Crippen LogP contribution < -0.4 is 0 Å². The molecule has 3 aliphatic rings. The van der Waals surface area contributed by atoms with Crippen molar-refractivity contribution in [3.8, 4) is 0 Å². The number of nitrogens with zero attached hydrogens (tertiary/aromatic N) is 1. The summed E-state index contributed by atoms with van der Waals surface area (Å²) in [6, 6.07) is 0. The molecular weight excluding hydrogens is 270 g/mol. The maximum absolute atomic E-state index is 12.7. The Balaban J connectivity index is 1.82. The predicted molar refractivity (Wildman–Crippen MR) is 76.4 cm³/mol. The lowest BCUT2D eigenvalue weighted by Gasteiger charge is -2.23. The number of unbranched alkanes of at least 4 members (excludes halogenated alkanes) is 1. The number of fused-ring (bicyclic) bond motifs is 1. The molecule has 0 N–H and O–H groups in total. The standard InChI is InChI=1S/C16H23NO4/c1-4-5-8-17-9-16-7-6-11(21-16)12(13(16)14(17)18)15(19)20-10(2)3/h6-7,10-13H,4-5,8-9H2,1-3H3/t11-,12+,13-,16+/m1/s1. The average Bonchev–Trinajstić information content (AvgIpc) is 3.04. The van der Waals surface area contributed by atoms with Crippen molar-refractivity contribution in [3.63, 3.8) is 0 Å². The van der Waals surface area contributed by atoms with Gasteiger partial charge in [-0.15, -0.1) is 0 Å². The fraction of sp³-hybridized carbons (Fsp3) is 0.750. The van der Waals surface area contributed by atoms with Gasteiger partial charge in [-0.2, -0.15) is 0 Å². The van der Waals surface area contributed by atoms with Crippen LogP contribution in [0.4, 0.5) is 0 Å². The van der Waals surface area contributed by atoms with E-state index in [-0.39, 0.29) is 24.1 Å². The fourth-order valence-electron chi connectivity index (χ4n) is 3.70. The summed E-state index contributed by atoms with van der Waals surface area (Å²) in [5.74, 6) is -1.16. The fourth-order valence-corrected chi connectivity index (χ4v) is 3.70. The lowest BCUT2D eigenvalue weighted by molar-refractivity contribution is -0.157. The van der Waals surface area contributed by atoms with Crippen molar-refractivity contribution in [2.45, 2.75) is 51.4 Å². The highest BCUT2D eigenvalue weighted by Gasteiger charge is 2.67. The van der Waals surface area contributed by atoms with E-state index in [9.17, 15) is 9.59 Å². The Morgan fingerprint density at radius 1 is 1.57 bits per heavy atom. The van der Waals surface area contributed by atoms with Crippen LogP contribution in [0, 0.1) is 11.8 Å². The summed E-state index contributed by atoms with van der Waals surface area (Å²) in [4.78, 5) is 26.9. The first-order chi connectivity index (χ1) is 9.98. The molecule has 0 saturated carbocycles. The van der Waals surface area contributed by atoms with Crippen LogP contribution in [0.5, 0.6) is 0 Å². The zero-order valence-electron chi connectivity index (χ0n) is 12.9. The second-order valence-corrected chi connectivity index (χ2v) is 6.50. The molecule has 0 unspecified atom stereocenters. The molecule has 0 aliphatic carbocycles. The summed E-state index contributed by atoms with van der Waals surface area (Å²) in [7, 11) is 0. The van der Waals surface area contributed by atoms with Crippen molar-refractivity contribution in [1.29, 1.82) is 0 Å². The smallest absolute Gasteiger partial charge is 0.313 e. The third-order valence-electron chi connectivity index (χ3n) is 4.58. The molecule has 5 heteroatoms. The lowest BCUT2D eigenvalue weighted by atomic mass is 9.77. The molecule has 4 atom stereocenters.